The third kappa shape index (κ3) is 2.95. The van der Waals surface area contributed by atoms with E-state index in [0.717, 1.165) is 38.5 Å². The zero-order chi connectivity index (χ0) is 24.9. The highest BCUT2D eigenvalue weighted by Crippen LogP contribution is 2.69. The highest BCUT2D eigenvalue weighted by molar-refractivity contribution is 5.82. The monoisotopic (exact) mass is 485 g/mol. The molecule has 2 aliphatic heterocycles. The molecule has 1 N–H and O–H groups in total. The number of rotatable bonds is 3. The van der Waals surface area contributed by atoms with E-state index in [0.29, 0.717) is 11.8 Å². The van der Waals surface area contributed by atoms with Gasteiger partial charge in [0, 0.05) is 30.6 Å². The molecule has 1 unspecified atom stereocenters. The maximum Gasteiger partial charge on any atom is 0.122 e. The fourth-order valence-electron chi connectivity index (χ4n) is 9.12. The minimum Gasteiger partial charge on any atom is -0.359 e. The van der Waals surface area contributed by atoms with E-state index in [9.17, 15) is 5.21 Å². The molecular formula is C32H41N2O2+. The first-order chi connectivity index (χ1) is 17.2. The zero-order valence-electron chi connectivity index (χ0n) is 22.3. The van der Waals surface area contributed by atoms with E-state index in [4.69, 9.17) is 4.74 Å². The van der Waals surface area contributed by atoms with E-state index in [2.05, 4.69) is 62.2 Å². The molecule has 7 atom stereocenters. The van der Waals surface area contributed by atoms with Crippen LogP contribution in [-0.4, -0.2) is 45.2 Å². The highest BCUT2D eigenvalue weighted by Gasteiger charge is 2.67. The third-order valence-electron chi connectivity index (χ3n) is 11.5. The summed E-state index contributed by atoms with van der Waals surface area (Å²) in [5.41, 5.74) is 4.31. The molecule has 1 aromatic carbocycles. The number of hydroxylamine groups is 3. The predicted octanol–water partition coefficient (Wildman–Crippen LogP) is 7.09. The normalized spacial score (nSPS) is 40.8. The van der Waals surface area contributed by atoms with Gasteiger partial charge in [-0.05, 0) is 104 Å². The molecule has 190 valence electrons. The lowest BCUT2D eigenvalue weighted by Gasteiger charge is -2.55. The van der Waals surface area contributed by atoms with Gasteiger partial charge in [0.25, 0.3) is 0 Å². The van der Waals surface area contributed by atoms with Crippen molar-refractivity contribution < 1.29 is 14.6 Å². The zero-order valence-corrected chi connectivity index (χ0v) is 22.3. The number of nitrogens with zero attached hydrogens (tertiary/aromatic N) is 2. The number of hydrogen-bond donors (Lipinski definition) is 1. The van der Waals surface area contributed by atoms with E-state index in [1.54, 1.807) is 0 Å². The fraction of sp³-hybridized carbons (Fsp3) is 0.594. The van der Waals surface area contributed by atoms with Crippen LogP contribution in [0.4, 0.5) is 0 Å². The fourth-order valence-corrected chi connectivity index (χ4v) is 9.12. The molecule has 0 amide bonds. The molecule has 5 aliphatic rings. The van der Waals surface area contributed by atoms with Crippen LogP contribution < -0.4 is 0 Å². The van der Waals surface area contributed by atoms with E-state index in [1.165, 1.54) is 40.3 Å². The Morgan fingerprint density at radius 2 is 1.97 bits per heavy atom. The number of fused-ring (bicyclic) bond motifs is 2. The van der Waals surface area contributed by atoms with Gasteiger partial charge < -0.3 is 4.74 Å². The minimum atomic E-state index is -0.178. The van der Waals surface area contributed by atoms with Crippen LogP contribution in [0.3, 0.4) is 0 Å². The Hall–Kier alpha value is -2.01. The Morgan fingerprint density at radius 3 is 2.81 bits per heavy atom. The topological polar surface area (TPSA) is 42.4 Å². The van der Waals surface area contributed by atoms with Gasteiger partial charge >= 0.3 is 0 Å². The first-order valence-corrected chi connectivity index (χ1v) is 14.2. The number of hydrogen-bond acceptors (Lipinski definition) is 3. The van der Waals surface area contributed by atoms with Crippen molar-refractivity contribution in [3.63, 3.8) is 0 Å². The van der Waals surface area contributed by atoms with Crippen molar-refractivity contribution in [2.24, 2.45) is 11.3 Å². The second-order valence-corrected chi connectivity index (χ2v) is 13.3. The summed E-state index contributed by atoms with van der Waals surface area (Å²) in [6.45, 7) is 6.81. The summed E-state index contributed by atoms with van der Waals surface area (Å²) in [6, 6.07) is 9.58. The average Bonchev–Trinajstić information content (AvgIpc) is 3.38. The Kier molecular flexibility index (Phi) is 4.83. The highest BCUT2D eigenvalue weighted by atomic mass is 16.6. The van der Waals surface area contributed by atoms with Gasteiger partial charge in [0.05, 0.1) is 18.2 Å². The summed E-state index contributed by atoms with van der Waals surface area (Å²) in [7, 11) is 2.00. The molecule has 4 nitrogen and oxygen atoms in total. The number of allylic oxidation sites excluding steroid dienone is 1. The maximum atomic E-state index is 11.3. The summed E-state index contributed by atoms with van der Waals surface area (Å²) in [4.78, 5) is 4.38. The van der Waals surface area contributed by atoms with Gasteiger partial charge in [0.2, 0.25) is 0 Å². The van der Waals surface area contributed by atoms with Gasteiger partial charge in [-0.25, -0.2) is 5.21 Å². The second kappa shape index (κ2) is 7.52. The molecule has 1 saturated heterocycles. The van der Waals surface area contributed by atoms with Crippen LogP contribution in [0.5, 0.6) is 0 Å². The molecule has 2 saturated carbocycles. The van der Waals surface area contributed by atoms with Gasteiger partial charge in [-0.15, -0.1) is 0 Å². The van der Waals surface area contributed by atoms with Gasteiger partial charge in [-0.1, -0.05) is 31.2 Å². The minimum absolute atomic E-state index is 0.105. The lowest BCUT2D eigenvalue weighted by Crippen LogP contribution is -2.60. The summed E-state index contributed by atoms with van der Waals surface area (Å²) >= 11 is 0. The molecule has 7 rings (SSSR count). The Bertz CT molecular complexity index is 1290. The van der Waals surface area contributed by atoms with Crippen LogP contribution in [0.2, 0.25) is 0 Å². The van der Waals surface area contributed by atoms with Gasteiger partial charge in [-0.2, -0.15) is 4.65 Å². The Labute approximate surface area is 215 Å². The molecule has 3 fully saturated rings. The predicted molar refractivity (Wildman–Crippen MR) is 143 cm³/mol. The smallest absolute Gasteiger partial charge is 0.122 e. The van der Waals surface area contributed by atoms with Crippen molar-refractivity contribution in [1.82, 2.24) is 4.98 Å². The van der Waals surface area contributed by atoms with Crippen LogP contribution in [0.25, 0.3) is 10.8 Å². The molecule has 3 heterocycles. The SMILES string of the molecule is CC(C)[N+](C)(O)[C@@H]1CCC2=CC3=CC[C@]4(C)[C@@H](c5ccc6ccncc6c5)CC[C@H]4[C@@]34CC[C@]2(C1)O4. The molecular weight excluding hydrogens is 444 g/mol. The quantitative estimate of drug-likeness (QED) is 0.373. The molecule has 1 aromatic heterocycles. The van der Waals surface area contributed by atoms with Crippen molar-refractivity contribution in [2.75, 3.05) is 7.05 Å². The molecule has 3 aliphatic carbocycles. The average molecular weight is 486 g/mol. The molecule has 4 heteroatoms. The van der Waals surface area contributed by atoms with Crippen LogP contribution in [0.1, 0.15) is 83.6 Å². The van der Waals surface area contributed by atoms with Gasteiger partial charge in [-0.3, -0.25) is 4.98 Å². The van der Waals surface area contributed by atoms with Crippen molar-refractivity contribution in [3.8, 4) is 0 Å². The van der Waals surface area contributed by atoms with Crippen molar-refractivity contribution in [2.45, 2.75) is 101 Å². The van der Waals surface area contributed by atoms with Gasteiger partial charge in [0.15, 0.2) is 0 Å². The second-order valence-electron chi connectivity index (χ2n) is 13.3. The first kappa shape index (κ1) is 23.1. The largest absolute Gasteiger partial charge is 0.359 e. The molecule has 2 aromatic rings. The summed E-state index contributed by atoms with van der Waals surface area (Å²) < 4.78 is 7.56. The molecule has 2 bridgehead atoms. The Balaban J connectivity index is 1.25. The number of quaternary nitrogens is 1. The number of aromatic nitrogens is 1. The molecule has 2 spiro atoms. The lowest BCUT2D eigenvalue weighted by molar-refractivity contribution is -1.12. The number of ether oxygens (including phenoxy) is 1. The van der Waals surface area contributed by atoms with Crippen molar-refractivity contribution in [1.29, 1.82) is 0 Å². The maximum absolute atomic E-state index is 11.3. The third-order valence-corrected chi connectivity index (χ3v) is 11.5. The van der Waals surface area contributed by atoms with Crippen LogP contribution >= 0.6 is 0 Å². The summed E-state index contributed by atoms with van der Waals surface area (Å²) in [5.74, 6) is 1.08. The number of pyridine rings is 1. The lowest BCUT2D eigenvalue weighted by atomic mass is 9.58. The standard InChI is InChI=1S/C32H41N2O2/c1-21(2)34(4,35)27-8-7-25-18-26-11-13-30(3)28(23-6-5-22-12-16-33-20-24(22)17-23)9-10-29(30)32(26)15-14-31(25,19-27)36-32/h5-6,11-12,16-18,20-21,27-29,35H,7-10,13-15,19H2,1-4H3/q+1/t27-,28-,29-,30-,31-,32-,34?/m1/s1. The van der Waals surface area contributed by atoms with Crippen molar-refractivity contribution >= 4 is 10.8 Å². The van der Waals surface area contributed by atoms with Crippen LogP contribution in [0, 0.1) is 11.3 Å². The number of benzene rings is 1. The van der Waals surface area contributed by atoms with E-state index < -0.39 is 0 Å². The van der Waals surface area contributed by atoms with Gasteiger partial charge in [0.1, 0.15) is 12.1 Å². The van der Waals surface area contributed by atoms with Crippen LogP contribution in [0.15, 0.2) is 60.0 Å². The van der Waals surface area contributed by atoms with Crippen molar-refractivity contribution in [3.05, 3.63) is 65.5 Å². The Morgan fingerprint density at radius 1 is 1.11 bits per heavy atom. The molecule has 36 heavy (non-hydrogen) atoms. The summed E-state index contributed by atoms with van der Waals surface area (Å²) in [6.07, 6.45) is 17.8. The van der Waals surface area contributed by atoms with E-state index in [-0.39, 0.29) is 33.3 Å². The molecule has 0 radical (unpaired) electrons. The first-order valence-electron chi connectivity index (χ1n) is 14.2. The summed E-state index contributed by atoms with van der Waals surface area (Å²) in [5, 5.41) is 13.9. The van der Waals surface area contributed by atoms with E-state index in [1.807, 2.05) is 19.4 Å². The van der Waals surface area contributed by atoms with Crippen LogP contribution in [-0.2, 0) is 4.74 Å². The van der Waals surface area contributed by atoms with E-state index >= 15 is 0 Å².